The zero-order valence-corrected chi connectivity index (χ0v) is 11.5. The molecule has 1 unspecified atom stereocenters. The molecule has 100 valence electrons. The van der Waals surface area contributed by atoms with Crippen LogP contribution in [0.2, 0.25) is 0 Å². The highest BCUT2D eigenvalue weighted by atomic mass is 16.5. The summed E-state index contributed by atoms with van der Waals surface area (Å²) in [6.45, 7) is 10.4. The summed E-state index contributed by atoms with van der Waals surface area (Å²) in [5.41, 5.74) is -0.0168. The molecular formula is C13H26N2O2. The lowest BCUT2D eigenvalue weighted by Crippen LogP contribution is -2.46. The largest absolute Gasteiger partial charge is 0.375 e. The highest BCUT2D eigenvalue weighted by molar-refractivity contribution is 5.77. The van der Waals surface area contributed by atoms with Crippen molar-refractivity contribution in [3.63, 3.8) is 0 Å². The normalized spacial score (nSPS) is 23.7. The summed E-state index contributed by atoms with van der Waals surface area (Å²) in [4.78, 5) is 11.3. The highest BCUT2D eigenvalue weighted by Gasteiger charge is 2.28. The summed E-state index contributed by atoms with van der Waals surface area (Å²) in [5.74, 6) is 0.191. The van der Waals surface area contributed by atoms with Crippen LogP contribution in [0.4, 0.5) is 0 Å². The van der Waals surface area contributed by atoms with Gasteiger partial charge in [-0.15, -0.1) is 0 Å². The summed E-state index contributed by atoms with van der Waals surface area (Å²) in [6, 6.07) is 0.509. The smallest absolute Gasteiger partial charge is 0.222 e. The SMILES string of the molecule is CC(C)C(=O)NCCNC1CCOC(C)(C)C1. The average Bonchev–Trinajstić information content (AvgIpc) is 2.22. The first kappa shape index (κ1) is 14.5. The summed E-state index contributed by atoms with van der Waals surface area (Å²) >= 11 is 0. The van der Waals surface area contributed by atoms with Crippen LogP contribution in [0.1, 0.15) is 40.5 Å². The van der Waals surface area contributed by atoms with E-state index in [1.807, 2.05) is 13.8 Å². The van der Waals surface area contributed by atoms with Crippen molar-refractivity contribution in [2.45, 2.75) is 52.2 Å². The molecule has 4 nitrogen and oxygen atoms in total. The van der Waals surface area contributed by atoms with Crippen molar-refractivity contribution in [2.24, 2.45) is 5.92 Å². The van der Waals surface area contributed by atoms with Gasteiger partial charge in [-0.1, -0.05) is 13.8 Å². The maximum Gasteiger partial charge on any atom is 0.222 e. The fourth-order valence-electron chi connectivity index (χ4n) is 2.07. The van der Waals surface area contributed by atoms with E-state index >= 15 is 0 Å². The molecule has 1 aliphatic heterocycles. The molecule has 1 aliphatic rings. The van der Waals surface area contributed by atoms with E-state index in [1.165, 1.54) is 0 Å². The van der Waals surface area contributed by atoms with Crippen molar-refractivity contribution in [3.8, 4) is 0 Å². The standard InChI is InChI=1S/C13H26N2O2/c1-10(2)12(16)15-7-6-14-11-5-8-17-13(3,4)9-11/h10-11,14H,5-9H2,1-4H3,(H,15,16). The molecule has 0 radical (unpaired) electrons. The molecule has 1 atom stereocenters. The topological polar surface area (TPSA) is 50.4 Å². The third-order valence-electron chi connectivity index (χ3n) is 3.08. The second-order valence-corrected chi connectivity index (χ2v) is 5.70. The molecule has 4 heteroatoms. The summed E-state index contributed by atoms with van der Waals surface area (Å²) in [6.07, 6.45) is 2.09. The van der Waals surface area contributed by atoms with Gasteiger partial charge in [-0.05, 0) is 26.7 Å². The Bertz CT molecular complexity index is 252. The second kappa shape index (κ2) is 6.36. The van der Waals surface area contributed by atoms with Gasteiger partial charge >= 0.3 is 0 Å². The van der Waals surface area contributed by atoms with Crippen molar-refractivity contribution in [3.05, 3.63) is 0 Å². The van der Waals surface area contributed by atoms with Gasteiger partial charge in [-0.2, -0.15) is 0 Å². The van der Waals surface area contributed by atoms with Crippen LogP contribution < -0.4 is 10.6 Å². The second-order valence-electron chi connectivity index (χ2n) is 5.70. The molecule has 2 N–H and O–H groups in total. The lowest BCUT2D eigenvalue weighted by Gasteiger charge is -2.36. The maximum atomic E-state index is 11.3. The van der Waals surface area contributed by atoms with Crippen LogP contribution >= 0.6 is 0 Å². The predicted molar refractivity (Wildman–Crippen MR) is 68.9 cm³/mol. The van der Waals surface area contributed by atoms with E-state index in [1.54, 1.807) is 0 Å². The van der Waals surface area contributed by atoms with E-state index in [2.05, 4.69) is 24.5 Å². The molecule has 0 aliphatic carbocycles. The molecule has 0 aromatic carbocycles. The molecule has 1 fully saturated rings. The van der Waals surface area contributed by atoms with Gasteiger partial charge in [0.25, 0.3) is 0 Å². The van der Waals surface area contributed by atoms with E-state index < -0.39 is 0 Å². The van der Waals surface area contributed by atoms with E-state index in [0.29, 0.717) is 12.6 Å². The van der Waals surface area contributed by atoms with Gasteiger partial charge in [0.05, 0.1) is 5.60 Å². The Hall–Kier alpha value is -0.610. The third kappa shape index (κ3) is 5.50. The van der Waals surface area contributed by atoms with E-state index in [9.17, 15) is 4.79 Å². The van der Waals surface area contributed by atoms with E-state index in [-0.39, 0.29) is 17.4 Å². The number of nitrogens with one attached hydrogen (secondary N) is 2. The lowest BCUT2D eigenvalue weighted by atomic mass is 9.94. The van der Waals surface area contributed by atoms with Gasteiger partial charge in [-0.25, -0.2) is 0 Å². The van der Waals surface area contributed by atoms with Gasteiger partial charge < -0.3 is 15.4 Å². The fraction of sp³-hybridized carbons (Fsp3) is 0.923. The van der Waals surface area contributed by atoms with Crippen molar-refractivity contribution < 1.29 is 9.53 Å². The molecule has 0 bridgehead atoms. The van der Waals surface area contributed by atoms with Crippen LogP contribution in [0.5, 0.6) is 0 Å². The number of hydrogen-bond donors (Lipinski definition) is 2. The highest BCUT2D eigenvalue weighted by Crippen LogP contribution is 2.23. The Balaban J connectivity index is 2.12. The Morgan fingerprint density at radius 1 is 1.41 bits per heavy atom. The Morgan fingerprint density at radius 3 is 2.71 bits per heavy atom. The summed E-state index contributed by atoms with van der Waals surface area (Å²) < 4.78 is 5.66. The zero-order valence-electron chi connectivity index (χ0n) is 11.5. The fourth-order valence-corrected chi connectivity index (χ4v) is 2.07. The predicted octanol–water partition coefficient (Wildman–Crippen LogP) is 1.31. The molecular weight excluding hydrogens is 216 g/mol. The van der Waals surface area contributed by atoms with E-state index in [4.69, 9.17) is 4.74 Å². The minimum absolute atomic E-state index is 0.0168. The summed E-state index contributed by atoms with van der Waals surface area (Å²) in [7, 11) is 0. The molecule has 0 saturated carbocycles. The average molecular weight is 242 g/mol. The first-order valence-corrected chi connectivity index (χ1v) is 6.56. The Morgan fingerprint density at radius 2 is 2.12 bits per heavy atom. The minimum Gasteiger partial charge on any atom is -0.375 e. The van der Waals surface area contributed by atoms with Crippen LogP contribution in [0.3, 0.4) is 0 Å². The van der Waals surface area contributed by atoms with E-state index in [0.717, 1.165) is 26.0 Å². The molecule has 1 rings (SSSR count). The molecule has 1 saturated heterocycles. The van der Waals surface area contributed by atoms with Crippen LogP contribution in [0.25, 0.3) is 0 Å². The number of amides is 1. The van der Waals surface area contributed by atoms with Gasteiger partial charge in [0, 0.05) is 31.7 Å². The van der Waals surface area contributed by atoms with Crippen LogP contribution in [0, 0.1) is 5.92 Å². The van der Waals surface area contributed by atoms with Gasteiger partial charge in [0.1, 0.15) is 0 Å². The monoisotopic (exact) mass is 242 g/mol. The van der Waals surface area contributed by atoms with Gasteiger partial charge in [0.2, 0.25) is 5.91 Å². The molecule has 0 aromatic heterocycles. The zero-order chi connectivity index (χ0) is 12.9. The third-order valence-corrected chi connectivity index (χ3v) is 3.08. The Kier molecular flexibility index (Phi) is 5.40. The summed E-state index contributed by atoms with van der Waals surface area (Å²) in [5, 5.41) is 6.39. The quantitative estimate of drug-likeness (QED) is 0.715. The van der Waals surface area contributed by atoms with Crippen molar-refractivity contribution in [1.29, 1.82) is 0 Å². The first-order valence-electron chi connectivity index (χ1n) is 6.56. The minimum atomic E-state index is -0.0168. The number of ether oxygens (including phenoxy) is 1. The molecule has 0 spiro atoms. The number of rotatable bonds is 5. The van der Waals surface area contributed by atoms with Gasteiger partial charge in [-0.3, -0.25) is 4.79 Å². The van der Waals surface area contributed by atoms with Crippen LogP contribution in [-0.4, -0.2) is 37.2 Å². The van der Waals surface area contributed by atoms with Crippen LogP contribution in [-0.2, 0) is 9.53 Å². The van der Waals surface area contributed by atoms with Crippen LogP contribution in [0.15, 0.2) is 0 Å². The number of hydrogen-bond acceptors (Lipinski definition) is 3. The van der Waals surface area contributed by atoms with Crippen molar-refractivity contribution in [2.75, 3.05) is 19.7 Å². The maximum absolute atomic E-state index is 11.3. The molecule has 1 amide bonds. The van der Waals surface area contributed by atoms with Crippen molar-refractivity contribution in [1.82, 2.24) is 10.6 Å². The Labute approximate surface area is 104 Å². The first-order chi connectivity index (χ1) is 7.91. The molecule has 17 heavy (non-hydrogen) atoms. The van der Waals surface area contributed by atoms with Crippen molar-refractivity contribution >= 4 is 5.91 Å². The van der Waals surface area contributed by atoms with Gasteiger partial charge in [0.15, 0.2) is 0 Å². The molecule has 0 aromatic rings. The number of carbonyl (C=O) groups excluding carboxylic acids is 1. The lowest BCUT2D eigenvalue weighted by molar-refractivity contribution is -0.123. The number of carbonyl (C=O) groups is 1. The molecule has 1 heterocycles.